The zero-order chi connectivity index (χ0) is 11.0. The molecule has 0 bridgehead atoms. The summed E-state index contributed by atoms with van der Waals surface area (Å²) < 4.78 is 9.02. The zero-order valence-electron chi connectivity index (χ0n) is 8.74. The predicted octanol–water partition coefficient (Wildman–Crippen LogP) is 1.23. The standard InChI is InChI=1S/C9H16O4S/c1-7(6-9(11)13-3)14-5-4-8(10)12-2/h7H,4-6H2,1-3H3/t7-/m0/s1. The highest BCUT2D eigenvalue weighted by Gasteiger charge is 2.10. The van der Waals surface area contributed by atoms with Gasteiger partial charge in [0.05, 0.1) is 27.1 Å². The normalized spacial score (nSPS) is 11.9. The molecule has 0 aliphatic carbocycles. The Labute approximate surface area is 88.3 Å². The molecule has 0 aromatic rings. The summed E-state index contributed by atoms with van der Waals surface area (Å²) >= 11 is 1.56. The molecule has 0 unspecified atom stereocenters. The molecule has 4 nitrogen and oxygen atoms in total. The van der Waals surface area contributed by atoms with Gasteiger partial charge in [-0.15, -0.1) is 0 Å². The van der Waals surface area contributed by atoms with E-state index in [4.69, 9.17) is 0 Å². The second-order valence-corrected chi connectivity index (χ2v) is 4.33. The molecular formula is C9H16O4S. The molecule has 14 heavy (non-hydrogen) atoms. The first-order chi connectivity index (χ1) is 6.60. The topological polar surface area (TPSA) is 52.6 Å². The lowest BCUT2D eigenvalue weighted by molar-refractivity contribution is -0.141. The Hall–Kier alpha value is -0.710. The van der Waals surface area contributed by atoms with Gasteiger partial charge in [-0.05, 0) is 0 Å². The van der Waals surface area contributed by atoms with Crippen molar-refractivity contribution in [2.24, 2.45) is 0 Å². The van der Waals surface area contributed by atoms with E-state index in [-0.39, 0.29) is 17.2 Å². The van der Waals surface area contributed by atoms with Gasteiger partial charge in [0, 0.05) is 11.0 Å². The molecule has 0 aromatic carbocycles. The van der Waals surface area contributed by atoms with Crippen molar-refractivity contribution in [1.29, 1.82) is 0 Å². The van der Waals surface area contributed by atoms with Crippen LogP contribution in [0, 0.1) is 0 Å². The average Bonchev–Trinajstić information content (AvgIpc) is 2.17. The molecule has 0 aliphatic heterocycles. The Morgan fingerprint density at radius 2 is 1.79 bits per heavy atom. The number of rotatable bonds is 6. The highest BCUT2D eigenvalue weighted by Crippen LogP contribution is 2.15. The molecule has 0 saturated heterocycles. The van der Waals surface area contributed by atoms with E-state index >= 15 is 0 Å². The van der Waals surface area contributed by atoms with E-state index in [0.717, 1.165) is 0 Å². The summed E-state index contributed by atoms with van der Waals surface area (Å²) in [7, 11) is 2.74. The van der Waals surface area contributed by atoms with Crippen molar-refractivity contribution in [2.45, 2.75) is 25.0 Å². The van der Waals surface area contributed by atoms with Crippen LogP contribution in [-0.4, -0.2) is 37.2 Å². The van der Waals surface area contributed by atoms with Gasteiger partial charge in [-0.3, -0.25) is 9.59 Å². The van der Waals surface area contributed by atoms with Crippen molar-refractivity contribution in [3.8, 4) is 0 Å². The molecule has 0 aromatic heterocycles. The summed E-state index contributed by atoms with van der Waals surface area (Å²) in [5, 5.41) is 0.173. The van der Waals surface area contributed by atoms with Crippen molar-refractivity contribution in [2.75, 3.05) is 20.0 Å². The first-order valence-corrected chi connectivity index (χ1v) is 5.40. The zero-order valence-corrected chi connectivity index (χ0v) is 9.56. The molecule has 0 heterocycles. The lowest BCUT2D eigenvalue weighted by Gasteiger charge is -2.08. The van der Waals surface area contributed by atoms with Crippen LogP contribution >= 0.6 is 11.8 Å². The number of hydrogen-bond acceptors (Lipinski definition) is 5. The van der Waals surface area contributed by atoms with Crippen molar-refractivity contribution in [3.63, 3.8) is 0 Å². The van der Waals surface area contributed by atoms with Crippen LogP contribution in [0.25, 0.3) is 0 Å². The van der Waals surface area contributed by atoms with Gasteiger partial charge in [0.2, 0.25) is 0 Å². The molecule has 5 heteroatoms. The number of ether oxygens (including phenoxy) is 2. The van der Waals surface area contributed by atoms with Gasteiger partial charge < -0.3 is 9.47 Å². The van der Waals surface area contributed by atoms with E-state index in [9.17, 15) is 9.59 Å². The molecule has 1 atom stereocenters. The third-order valence-electron chi connectivity index (χ3n) is 1.62. The molecule has 0 rings (SSSR count). The highest BCUT2D eigenvalue weighted by molar-refractivity contribution is 7.99. The Morgan fingerprint density at radius 3 is 2.29 bits per heavy atom. The van der Waals surface area contributed by atoms with Gasteiger partial charge in [0.25, 0.3) is 0 Å². The van der Waals surface area contributed by atoms with Crippen molar-refractivity contribution in [3.05, 3.63) is 0 Å². The van der Waals surface area contributed by atoms with E-state index in [0.29, 0.717) is 18.6 Å². The molecule has 0 saturated carbocycles. The molecular weight excluding hydrogens is 204 g/mol. The number of esters is 2. The van der Waals surface area contributed by atoms with Crippen LogP contribution in [0.15, 0.2) is 0 Å². The van der Waals surface area contributed by atoms with Crippen LogP contribution in [0.3, 0.4) is 0 Å². The van der Waals surface area contributed by atoms with E-state index in [2.05, 4.69) is 9.47 Å². The Balaban J connectivity index is 3.49. The Bertz CT molecular complexity index is 193. The fourth-order valence-electron chi connectivity index (χ4n) is 0.822. The molecule has 0 spiro atoms. The van der Waals surface area contributed by atoms with E-state index in [1.54, 1.807) is 11.8 Å². The van der Waals surface area contributed by atoms with E-state index < -0.39 is 0 Å². The quantitative estimate of drug-likeness (QED) is 0.630. The largest absolute Gasteiger partial charge is 0.469 e. The van der Waals surface area contributed by atoms with Crippen molar-refractivity contribution >= 4 is 23.7 Å². The first kappa shape index (κ1) is 13.3. The van der Waals surface area contributed by atoms with Gasteiger partial charge in [-0.25, -0.2) is 0 Å². The second kappa shape index (κ2) is 7.67. The van der Waals surface area contributed by atoms with Crippen molar-refractivity contribution < 1.29 is 19.1 Å². The summed E-state index contributed by atoms with van der Waals surface area (Å²) in [5.41, 5.74) is 0. The first-order valence-electron chi connectivity index (χ1n) is 4.35. The van der Waals surface area contributed by atoms with Gasteiger partial charge in [-0.2, -0.15) is 11.8 Å². The van der Waals surface area contributed by atoms with Gasteiger partial charge in [0.15, 0.2) is 0 Å². The van der Waals surface area contributed by atoms with Gasteiger partial charge >= 0.3 is 11.9 Å². The maximum absolute atomic E-state index is 10.8. The number of carbonyl (C=O) groups is 2. The average molecular weight is 220 g/mol. The van der Waals surface area contributed by atoms with Crippen LogP contribution in [0.4, 0.5) is 0 Å². The number of carbonyl (C=O) groups excluding carboxylic acids is 2. The third kappa shape index (κ3) is 6.77. The summed E-state index contributed by atoms with van der Waals surface area (Å²) in [6, 6.07) is 0. The van der Waals surface area contributed by atoms with Crippen LogP contribution < -0.4 is 0 Å². The van der Waals surface area contributed by atoms with Crippen LogP contribution in [0.2, 0.25) is 0 Å². The summed E-state index contributed by atoms with van der Waals surface area (Å²) in [4.78, 5) is 21.6. The molecule has 0 aliphatic rings. The van der Waals surface area contributed by atoms with Gasteiger partial charge in [0.1, 0.15) is 0 Å². The van der Waals surface area contributed by atoms with Gasteiger partial charge in [-0.1, -0.05) is 6.92 Å². The van der Waals surface area contributed by atoms with E-state index in [1.807, 2.05) is 6.92 Å². The Morgan fingerprint density at radius 1 is 1.21 bits per heavy atom. The maximum Gasteiger partial charge on any atom is 0.306 e. The molecule has 0 radical (unpaired) electrons. The van der Waals surface area contributed by atoms with Crippen LogP contribution in [-0.2, 0) is 19.1 Å². The molecule has 0 N–H and O–H groups in total. The van der Waals surface area contributed by atoms with E-state index in [1.165, 1.54) is 14.2 Å². The Kier molecular flexibility index (Phi) is 7.28. The molecule has 0 amide bonds. The monoisotopic (exact) mass is 220 g/mol. The SMILES string of the molecule is COC(=O)CCS[C@@H](C)CC(=O)OC. The minimum Gasteiger partial charge on any atom is -0.469 e. The minimum atomic E-state index is -0.220. The fraction of sp³-hybridized carbons (Fsp3) is 0.778. The summed E-state index contributed by atoms with van der Waals surface area (Å²) in [5.74, 6) is 0.232. The lowest BCUT2D eigenvalue weighted by atomic mass is 10.3. The smallest absolute Gasteiger partial charge is 0.306 e. The van der Waals surface area contributed by atoms with Crippen molar-refractivity contribution in [1.82, 2.24) is 0 Å². The predicted molar refractivity (Wildman–Crippen MR) is 55.2 cm³/mol. The maximum atomic E-state index is 10.8. The van der Waals surface area contributed by atoms with Crippen LogP contribution in [0.5, 0.6) is 0 Å². The lowest BCUT2D eigenvalue weighted by Crippen LogP contribution is -2.10. The number of thioether (sulfide) groups is 1. The third-order valence-corrected chi connectivity index (χ3v) is 2.79. The minimum absolute atomic E-state index is 0.173. The second-order valence-electron chi connectivity index (χ2n) is 2.79. The molecule has 82 valence electrons. The summed E-state index contributed by atoms with van der Waals surface area (Å²) in [6.45, 7) is 1.93. The fourth-order valence-corrected chi connectivity index (χ4v) is 1.76. The van der Waals surface area contributed by atoms with Crippen LogP contribution in [0.1, 0.15) is 19.8 Å². The molecule has 0 fully saturated rings. The highest BCUT2D eigenvalue weighted by atomic mass is 32.2. The number of methoxy groups -OCH3 is 2. The number of hydrogen-bond donors (Lipinski definition) is 0. The summed E-state index contributed by atoms with van der Waals surface area (Å²) in [6.07, 6.45) is 0.759.